The quantitative estimate of drug-likeness (QED) is 0.752. The van der Waals surface area contributed by atoms with Gasteiger partial charge in [-0.2, -0.15) is 0 Å². The Morgan fingerprint density at radius 2 is 2.00 bits per heavy atom. The van der Waals surface area contributed by atoms with Crippen LogP contribution in [0.5, 0.6) is 5.75 Å². The van der Waals surface area contributed by atoms with Crippen LogP contribution in [0.15, 0.2) is 17.5 Å². The zero-order valence-corrected chi connectivity index (χ0v) is 11.1. The SMILES string of the molecule is COc1ccc(-c2csc(N)n2)c2sc(N)nc12. The predicted octanol–water partition coefficient (Wildman–Crippen LogP) is 2.59. The molecule has 0 aliphatic carbocycles. The lowest BCUT2D eigenvalue weighted by atomic mass is 10.1. The van der Waals surface area contributed by atoms with Gasteiger partial charge in [0.25, 0.3) is 0 Å². The minimum absolute atomic E-state index is 0.513. The van der Waals surface area contributed by atoms with Crippen molar-refractivity contribution in [2.75, 3.05) is 18.6 Å². The average Bonchev–Trinajstić information content (AvgIpc) is 2.93. The van der Waals surface area contributed by atoms with Crippen molar-refractivity contribution < 1.29 is 4.74 Å². The molecule has 4 N–H and O–H groups in total. The molecular weight excluding hydrogens is 268 g/mol. The van der Waals surface area contributed by atoms with Crippen LogP contribution in [0.4, 0.5) is 10.3 Å². The van der Waals surface area contributed by atoms with E-state index in [2.05, 4.69) is 9.97 Å². The van der Waals surface area contributed by atoms with Crippen molar-refractivity contribution in [2.45, 2.75) is 0 Å². The summed E-state index contributed by atoms with van der Waals surface area (Å²) in [6, 6.07) is 3.82. The van der Waals surface area contributed by atoms with Gasteiger partial charge in [0.1, 0.15) is 11.3 Å². The molecule has 5 nitrogen and oxygen atoms in total. The van der Waals surface area contributed by atoms with Gasteiger partial charge in [0.05, 0.1) is 17.5 Å². The van der Waals surface area contributed by atoms with Gasteiger partial charge < -0.3 is 16.2 Å². The normalized spacial score (nSPS) is 10.9. The number of fused-ring (bicyclic) bond motifs is 1. The number of anilines is 2. The van der Waals surface area contributed by atoms with Crippen molar-refractivity contribution in [3.8, 4) is 17.0 Å². The van der Waals surface area contributed by atoms with E-state index in [1.807, 2.05) is 17.5 Å². The molecule has 0 bridgehead atoms. The molecule has 0 atom stereocenters. The molecule has 0 saturated heterocycles. The Morgan fingerprint density at radius 3 is 2.67 bits per heavy atom. The molecule has 3 aromatic rings. The van der Waals surface area contributed by atoms with Gasteiger partial charge >= 0.3 is 0 Å². The van der Waals surface area contributed by atoms with E-state index < -0.39 is 0 Å². The van der Waals surface area contributed by atoms with Gasteiger partial charge in [-0.3, -0.25) is 0 Å². The third-order valence-corrected chi connectivity index (χ3v) is 4.13. The highest BCUT2D eigenvalue weighted by atomic mass is 32.1. The largest absolute Gasteiger partial charge is 0.494 e. The molecule has 2 aromatic heterocycles. The number of nitrogen functional groups attached to an aromatic ring is 2. The van der Waals surface area contributed by atoms with Crippen molar-refractivity contribution >= 4 is 43.2 Å². The van der Waals surface area contributed by atoms with E-state index in [-0.39, 0.29) is 0 Å². The highest BCUT2D eigenvalue weighted by molar-refractivity contribution is 7.22. The van der Waals surface area contributed by atoms with E-state index in [4.69, 9.17) is 16.2 Å². The van der Waals surface area contributed by atoms with Crippen LogP contribution in [0.1, 0.15) is 0 Å². The first-order chi connectivity index (χ1) is 8.69. The summed E-state index contributed by atoms with van der Waals surface area (Å²) in [7, 11) is 1.62. The van der Waals surface area contributed by atoms with Gasteiger partial charge in [-0.05, 0) is 12.1 Å². The maximum Gasteiger partial charge on any atom is 0.181 e. The number of nitrogens with zero attached hydrogens (tertiary/aromatic N) is 2. The Bertz CT molecular complexity index is 719. The van der Waals surface area contributed by atoms with Crippen molar-refractivity contribution in [3.63, 3.8) is 0 Å². The lowest BCUT2D eigenvalue weighted by molar-refractivity contribution is 0.419. The van der Waals surface area contributed by atoms with E-state index >= 15 is 0 Å². The van der Waals surface area contributed by atoms with Gasteiger partial charge in [-0.15, -0.1) is 11.3 Å². The highest BCUT2D eigenvalue weighted by Gasteiger charge is 2.14. The molecule has 0 saturated carbocycles. The Hall–Kier alpha value is -1.86. The van der Waals surface area contributed by atoms with Gasteiger partial charge in [-0.1, -0.05) is 11.3 Å². The second-order valence-corrected chi connectivity index (χ2v) is 5.54. The number of benzene rings is 1. The fourth-order valence-electron chi connectivity index (χ4n) is 1.78. The fourth-order valence-corrected chi connectivity index (χ4v) is 3.21. The zero-order valence-electron chi connectivity index (χ0n) is 9.51. The van der Waals surface area contributed by atoms with Crippen LogP contribution in [-0.2, 0) is 0 Å². The number of thiazole rings is 2. The first kappa shape index (κ1) is 11.2. The topological polar surface area (TPSA) is 87.0 Å². The van der Waals surface area contributed by atoms with Crippen LogP contribution in [0, 0.1) is 0 Å². The van der Waals surface area contributed by atoms with E-state index in [0.717, 1.165) is 21.5 Å². The average molecular weight is 278 g/mol. The summed E-state index contributed by atoms with van der Waals surface area (Å²) in [4.78, 5) is 8.58. The molecule has 0 spiro atoms. The Kier molecular flexibility index (Phi) is 2.57. The number of rotatable bonds is 2. The first-order valence-electron chi connectivity index (χ1n) is 5.13. The van der Waals surface area contributed by atoms with E-state index in [1.54, 1.807) is 7.11 Å². The predicted molar refractivity (Wildman–Crippen MR) is 76.1 cm³/mol. The number of ether oxygens (including phenoxy) is 1. The van der Waals surface area contributed by atoms with Crippen molar-refractivity contribution in [3.05, 3.63) is 17.5 Å². The summed E-state index contributed by atoms with van der Waals surface area (Å²) < 4.78 is 6.25. The molecule has 3 rings (SSSR count). The van der Waals surface area contributed by atoms with E-state index in [9.17, 15) is 0 Å². The van der Waals surface area contributed by atoms with E-state index in [1.165, 1.54) is 22.7 Å². The van der Waals surface area contributed by atoms with Gasteiger partial charge in [0.15, 0.2) is 10.3 Å². The molecular formula is C11H10N4OS2. The Balaban J connectivity index is 2.30. The van der Waals surface area contributed by atoms with Gasteiger partial charge in [0.2, 0.25) is 0 Å². The monoisotopic (exact) mass is 278 g/mol. The smallest absolute Gasteiger partial charge is 0.181 e. The fraction of sp³-hybridized carbons (Fsp3) is 0.0909. The summed E-state index contributed by atoms with van der Waals surface area (Å²) >= 11 is 2.84. The van der Waals surface area contributed by atoms with Crippen LogP contribution in [-0.4, -0.2) is 17.1 Å². The molecule has 1 aromatic carbocycles. The highest BCUT2D eigenvalue weighted by Crippen LogP contribution is 2.39. The molecule has 0 aliphatic heterocycles. The molecule has 0 aliphatic rings. The second kappa shape index (κ2) is 4.11. The number of nitrogens with two attached hydrogens (primary N) is 2. The molecule has 18 heavy (non-hydrogen) atoms. The van der Waals surface area contributed by atoms with Crippen LogP contribution < -0.4 is 16.2 Å². The van der Waals surface area contributed by atoms with Crippen LogP contribution >= 0.6 is 22.7 Å². The number of hydrogen-bond donors (Lipinski definition) is 2. The molecule has 0 amide bonds. The Labute approximate surface area is 111 Å². The molecule has 92 valence electrons. The molecule has 2 heterocycles. The first-order valence-corrected chi connectivity index (χ1v) is 6.83. The third-order valence-electron chi connectivity index (χ3n) is 2.54. The number of aromatic nitrogens is 2. The van der Waals surface area contributed by atoms with Crippen molar-refractivity contribution in [1.82, 2.24) is 9.97 Å². The minimum atomic E-state index is 0.513. The summed E-state index contributed by atoms with van der Waals surface area (Å²) in [5, 5.41) is 2.98. The van der Waals surface area contributed by atoms with Crippen molar-refractivity contribution in [1.29, 1.82) is 0 Å². The lowest BCUT2D eigenvalue weighted by Crippen LogP contribution is -1.87. The molecule has 7 heteroatoms. The molecule has 0 radical (unpaired) electrons. The van der Waals surface area contributed by atoms with Crippen LogP contribution in [0.25, 0.3) is 21.5 Å². The summed E-state index contributed by atoms with van der Waals surface area (Å²) in [6.45, 7) is 0. The maximum atomic E-state index is 5.78. The Morgan fingerprint density at radius 1 is 1.17 bits per heavy atom. The number of methoxy groups -OCH3 is 1. The summed E-state index contributed by atoms with van der Waals surface area (Å²) in [6.07, 6.45) is 0. The number of hydrogen-bond acceptors (Lipinski definition) is 7. The van der Waals surface area contributed by atoms with Crippen LogP contribution in [0.2, 0.25) is 0 Å². The van der Waals surface area contributed by atoms with Crippen LogP contribution in [0.3, 0.4) is 0 Å². The lowest BCUT2D eigenvalue weighted by Gasteiger charge is -2.03. The van der Waals surface area contributed by atoms with Gasteiger partial charge in [-0.25, -0.2) is 9.97 Å². The second-order valence-electron chi connectivity index (χ2n) is 3.62. The minimum Gasteiger partial charge on any atom is -0.494 e. The molecule has 0 fully saturated rings. The van der Waals surface area contributed by atoms with E-state index in [0.29, 0.717) is 16.0 Å². The third kappa shape index (κ3) is 1.68. The molecule has 0 unspecified atom stereocenters. The zero-order chi connectivity index (χ0) is 12.7. The van der Waals surface area contributed by atoms with Crippen molar-refractivity contribution in [2.24, 2.45) is 0 Å². The van der Waals surface area contributed by atoms with Gasteiger partial charge in [0, 0.05) is 10.9 Å². The summed E-state index contributed by atoms with van der Waals surface area (Å²) in [5.41, 5.74) is 14.0. The standard InChI is InChI=1S/C11H10N4OS2/c1-16-7-3-2-5(6-4-17-10(12)14-6)9-8(7)15-11(13)18-9/h2-4H,1H3,(H2,12,14)(H2,13,15). The summed E-state index contributed by atoms with van der Waals surface area (Å²) in [5.74, 6) is 0.713. The maximum absolute atomic E-state index is 5.78.